The van der Waals surface area contributed by atoms with Crippen LogP contribution < -0.4 is 10.5 Å². The third kappa shape index (κ3) is 5.36. The molecule has 178 valence electrons. The van der Waals surface area contributed by atoms with Crippen molar-refractivity contribution in [2.75, 3.05) is 24.5 Å². The van der Waals surface area contributed by atoms with Gasteiger partial charge in [-0.05, 0) is 49.7 Å². The number of rotatable bonds is 7. The van der Waals surface area contributed by atoms with Crippen molar-refractivity contribution in [3.05, 3.63) is 31.9 Å². The van der Waals surface area contributed by atoms with E-state index in [0.717, 1.165) is 50.2 Å². The van der Waals surface area contributed by atoms with Crippen LogP contribution >= 0.6 is 24.0 Å². The summed E-state index contributed by atoms with van der Waals surface area (Å²) in [5, 5.41) is 9.81. The SMILES string of the molecule is CCCCn1c(N2CCCC(C)C2)c(C=C2SC(=S)N(CC(C)C)C2=O)c(C)c(C#N)c1=O. The fraction of sp³-hybridized carbons (Fsp3) is 0.600. The van der Waals surface area contributed by atoms with Crippen molar-refractivity contribution in [3.8, 4) is 6.07 Å². The molecule has 2 fully saturated rings. The van der Waals surface area contributed by atoms with Gasteiger partial charge in [0.1, 0.15) is 21.8 Å². The molecule has 2 saturated heterocycles. The van der Waals surface area contributed by atoms with Crippen LogP contribution in [0.15, 0.2) is 9.70 Å². The molecular formula is C25H34N4O2S2. The fourth-order valence-corrected chi connectivity index (χ4v) is 5.80. The highest BCUT2D eigenvalue weighted by molar-refractivity contribution is 8.26. The highest BCUT2D eigenvalue weighted by atomic mass is 32.2. The van der Waals surface area contributed by atoms with Crippen LogP contribution in [0.3, 0.4) is 0 Å². The molecule has 33 heavy (non-hydrogen) atoms. The van der Waals surface area contributed by atoms with Gasteiger partial charge < -0.3 is 4.90 Å². The molecule has 1 unspecified atom stereocenters. The van der Waals surface area contributed by atoms with Crippen molar-refractivity contribution in [3.63, 3.8) is 0 Å². The first-order valence-corrected chi connectivity index (χ1v) is 13.1. The van der Waals surface area contributed by atoms with Crippen molar-refractivity contribution < 1.29 is 4.79 Å². The number of carbonyl (C=O) groups excluding carboxylic acids is 1. The van der Waals surface area contributed by atoms with Crippen LogP contribution in [0.25, 0.3) is 6.08 Å². The van der Waals surface area contributed by atoms with Crippen LogP contribution in [-0.2, 0) is 11.3 Å². The van der Waals surface area contributed by atoms with Gasteiger partial charge in [-0.25, -0.2) is 0 Å². The van der Waals surface area contributed by atoms with Crippen molar-refractivity contribution >= 4 is 46.1 Å². The molecule has 8 heteroatoms. The minimum absolute atomic E-state index is 0.0964. The predicted octanol–water partition coefficient (Wildman–Crippen LogP) is 4.92. The first-order valence-electron chi connectivity index (χ1n) is 11.9. The Kier molecular flexibility index (Phi) is 8.41. The van der Waals surface area contributed by atoms with Crippen LogP contribution in [0.1, 0.15) is 70.1 Å². The van der Waals surface area contributed by atoms with Gasteiger partial charge in [0.15, 0.2) is 0 Å². The van der Waals surface area contributed by atoms with Gasteiger partial charge in [0.2, 0.25) is 0 Å². The monoisotopic (exact) mass is 486 g/mol. The van der Waals surface area contributed by atoms with Gasteiger partial charge in [0, 0.05) is 31.7 Å². The number of hydrogen-bond donors (Lipinski definition) is 0. The zero-order chi connectivity index (χ0) is 24.3. The maximum absolute atomic E-state index is 13.3. The standard InChI is InChI=1S/C25H34N4O2S2/c1-6-7-11-28-22(27-10-8-9-17(4)15-27)19(18(5)20(13-26)23(28)30)12-21-24(31)29(14-16(2)3)25(32)33-21/h12,16-17H,6-11,14-15H2,1-5H3. The zero-order valence-electron chi connectivity index (χ0n) is 20.3. The Morgan fingerprint density at radius 1 is 1.33 bits per heavy atom. The van der Waals surface area contributed by atoms with Crippen LogP contribution in [0.4, 0.5) is 5.82 Å². The Balaban J connectivity index is 2.22. The Morgan fingerprint density at radius 2 is 2.06 bits per heavy atom. The average Bonchev–Trinajstić information content (AvgIpc) is 3.02. The molecule has 2 aliphatic heterocycles. The smallest absolute Gasteiger partial charge is 0.270 e. The van der Waals surface area contributed by atoms with E-state index in [0.29, 0.717) is 39.7 Å². The third-order valence-electron chi connectivity index (χ3n) is 6.23. The number of hydrogen-bond acceptors (Lipinski definition) is 6. The van der Waals surface area contributed by atoms with Gasteiger partial charge in [-0.15, -0.1) is 0 Å². The highest BCUT2D eigenvalue weighted by Crippen LogP contribution is 2.37. The van der Waals surface area contributed by atoms with Gasteiger partial charge in [-0.3, -0.25) is 19.1 Å². The van der Waals surface area contributed by atoms with Crippen molar-refractivity contribution in [2.24, 2.45) is 11.8 Å². The van der Waals surface area contributed by atoms with Crippen molar-refractivity contribution in [2.45, 2.75) is 66.8 Å². The Labute approximate surface area is 206 Å². The molecule has 1 atom stereocenters. The highest BCUT2D eigenvalue weighted by Gasteiger charge is 2.34. The first-order chi connectivity index (χ1) is 15.7. The van der Waals surface area contributed by atoms with Crippen molar-refractivity contribution in [1.29, 1.82) is 5.26 Å². The van der Waals surface area contributed by atoms with Gasteiger partial charge in [0.05, 0.1) is 4.91 Å². The number of nitrogens with zero attached hydrogens (tertiary/aromatic N) is 4. The average molecular weight is 487 g/mol. The largest absolute Gasteiger partial charge is 0.357 e. The molecule has 3 heterocycles. The summed E-state index contributed by atoms with van der Waals surface area (Å²) in [4.78, 5) is 31.0. The summed E-state index contributed by atoms with van der Waals surface area (Å²) in [5.74, 6) is 1.56. The maximum Gasteiger partial charge on any atom is 0.270 e. The molecule has 0 saturated carbocycles. The number of thioether (sulfide) groups is 1. The molecule has 0 radical (unpaired) electrons. The van der Waals surface area contributed by atoms with E-state index in [4.69, 9.17) is 12.2 Å². The maximum atomic E-state index is 13.3. The number of piperidine rings is 1. The summed E-state index contributed by atoms with van der Waals surface area (Å²) in [6, 6.07) is 2.13. The van der Waals surface area contributed by atoms with Gasteiger partial charge >= 0.3 is 0 Å². The molecule has 0 spiro atoms. The minimum atomic E-state index is -0.235. The van der Waals surface area contributed by atoms with Gasteiger partial charge in [0.25, 0.3) is 11.5 Å². The molecule has 1 aromatic heterocycles. The number of amides is 1. The topological polar surface area (TPSA) is 69.3 Å². The van der Waals surface area contributed by atoms with E-state index in [1.54, 1.807) is 9.47 Å². The summed E-state index contributed by atoms with van der Waals surface area (Å²) >= 11 is 6.80. The van der Waals surface area contributed by atoms with Crippen LogP contribution in [0.5, 0.6) is 0 Å². The molecule has 0 aromatic carbocycles. The predicted molar refractivity (Wildman–Crippen MR) is 140 cm³/mol. The van der Waals surface area contributed by atoms with E-state index in [1.165, 1.54) is 11.8 Å². The van der Waals surface area contributed by atoms with Gasteiger partial charge in [-0.1, -0.05) is 58.1 Å². The summed E-state index contributed by atoms with van der Waals surface area (Å²) in [6.07, 6.45) is 5.87. The molecule has 1 aromatic rings. The normalized spacial score (nSPS) is 20.3. The number of thiocarbonyl (C=S) groups is 1. The second-order valence-electron chi connectivity index (χ2n) is 9.54. The van der Waals surface area contributed by atoms with Gasteiger partial charge in [-0.2, -0.15) is 5.26 Å². The van der Waals surface area contributed by atoms with E-state index in [-0.39, 0.29) is 17.0 Å². The first kappa shape index (κ1) is 25.5. The Hall–Kier alpha value is -2.11. The van der Waals surface area contributed by atoms with Crippen LogP contribution in [0, 0.1) is 30.1 Å². The quantitative estimate of drug-likeness (QED) is 0.402. The van der Waals surface area contributed by atoms with E-state index >= 15 is 0 Å². The number of nitriles is 1. The zero-order valence-corrected chi connectivity index (χ0v) is 21.9. The summed E-state index contributed by atoms with van der Waals surface area (Å²) in [7, 11) is 0. The fourth-order valence-electron chi connectivity index (χ4n) is 4.54. The summed E-state index contributed by atoms with van der Waals surface area (Å²) in [5.41, 5.74) is 1.35. The van der Waals surface area contributed by atoms with E-state index in [2.05, 4.69) is 38.7 Å². The molecule has 0 aliphatic carbocycles. The molecule has 0 bridgehead atoms. The Bertz CT molecular complexity index is 1070. The molecule has 1 amide bonds. The second kappa shape index (κ2) is 10.9. The van der Waals surface area contributed by atoms with Crippen LogP contribution in [-0.4, -0.2) is 39.3 Å². The Morgan fingerprint density at radius 3 is 2.67 bits per heavy atom. The minimum Gasteiger partial charge on any atom is -0.357 e. The number of aromatic nitrogens is 1. The number of pyridine rings is 1. The second-order valence-corrected chi connectivity index (χ2v) is 11.2. The number of anilines is 1. The lowest BCUT2D eigenvalue weighted by molar-refractivity contribution is -0.122. The summed E-state index contributed by atoms with van der Waals surface area (Å²) < 4.78 is 2.33. The number of unbranched alkanes of at least 4 members (excludes halogenated alkanes) is 1. The van der Waals surface area contributed by atoms with E-state index in [9.17, 15) is 14.9 Å². The lowest BCUT2D eigenvalue weighted by Crippen LogP contribution is -2.40. The van der Waals surface area contributed by atoms with E-state index < -0.39 is 0 Å². The molecule has 0 N–H and O–H groups in total. The lowest BCUT2D eigenvalue weighted by Gasteiger charge is -2.36. The summed E-state index contributed by atoms with van der Waals surface area (Å²) in [6.45, 7) is 13.1. The van der Waals surface area contributed by atoms with Crippen LogP contribution in [0.2, 0.25) is 0 Å². The molecular weight excluding hydrogens is 452 g/mol. The lowest BCUT2D eigenvalue weighted by atomic mass is 9.98. The third-order valence-corrected chi connectivity index (χ3v) is 7.61. The molecule has 2 aliphatic rings. The van der Waals surface area contributed by atoms with Crippen molar-refractivity contribution in [1.82, 2.24) is 9.47 Å². The molecule has 3 rings (SSSR count). The van der Waals surface area contributed by atoms with E-state index in [1.807, 2.05) is 13.0 Å². The molecule has 6 nitrogen and oxygen atoms in total. The number of carbonyl (C=O) groups is 1.